The number of imidazole rings is 1. The summed E-state index contributed by atoms with van der Waals surface area (Å²) in [5.41, 5.74) is 2.94. The van der Waals surface area contributed by atoms with Crippen LogP contribution in [0.5, 0.6) is 0 Å². The van der Waals surface area contributed by atoms with E-state index in [0.29, 0.717) is 0 Å². The minimum absolute atomic E-state index is 0.735. The van der Waals surface area contributed by atoms with Gasteiger partial charge in [-0.3, -0.25) is 9.38 Å². The van der Waals surface area contributed by atoms with Gasteiger partial charge in [0.25, 0.3) is 0 Å². The van der Waals surface area contributed by atoms with Crippen molar-refractivity contribution in [1.29, 1.82) is 0 Å². The lowest BCUT2D eigenvalue weighted by molar-refractivity contribution is 0.122. The van der Waals surface area contributed by atoms with E-state index < -0.39 is 0 Å². The van der Waals surface area contributed by atoms with Crippen molar-refractivity contribution < 1.29 is 4.74 Å². The van der Waals surface area contributed by atoms with Crippen molar-refractivity contribution >= 4 is 11.5 Å². The van der Waals surface area contributed by atoms with Crippen molar-refractivity contribution in [3.05, 3.63) is 43.1 Å². The van der Waals surface area contributed by atoms with Gasteiger partial charge in [0.1, 0.15) is 0 Å². The quantitative estimate of drug-likeness (QED) is 0.714. The van der Waals surface area contributed by atoms with Crippen LogP contribution in [-0.4, -0.2) is 45.7 Å². The molecule has 0 N–H and O–H groups in total. The number of ether oxygens (including phenoxy) is 1. The third kappa shape index (κ3) is 2.13. The maximum absolute atomic E-state index is 5.40. The number of aromatic nitrogens is 4. The Balaban J connectivity index is 1.83. The van der Waals surface area contributed by atoms with Crippen molar-refractivity contribution in [3.63, 3.8) is 0 Å². The van der Waals surface area contributed by atoms with E-state index in [1.54, 1.807) is 6.20 Å². The zero-order chi connectivity index (χ0) is 14.1. The molecule has 6 nitrogen and oxygen atoms in total. The summed E-state index contributed by atoms with van der Waals surface area (Å²) in [5, 5.41) is 0. The number of anilines is 1. The number of morpholine rings is 1. The molecule has 0 radical (unpaired) electrons. The number of rotatable bonds is 2. The first kappa shape index (κ1) is 12.3. The first-order valence-corrected chi connectivity index (χ1v) is 6.98. The highest BCUT2D eigenvalue weighted by Gasteiger charge is 2.17. The lowest BCUT2D eigenvalue weighted by atomic mass is 10.2. The van der Waals surface area contributed by atoms with Gasteiger partial charge in [-0.05, 0) is 12.1 Å². The second-order valence-corrected chi connectivity index (χ2v) is 4.93. The van der Waals surface area contributed by atoms with Crippen LogP contribution in [0, 0.1) is 0 Å². The number of fused-ring (bicyclic) bond motifs is 1. The average Bonchev–Trinajstić information content (AvgIpc) is 3.00. The largest absolute Gasteiger partial charge is 0.378 e. The Morgan fingerprint density at radius 1 is 1.05 bits per heavy atom. The van der Waals surface area contributed by atoms with Gasteiger partial charge in [-0.25, -0.2) is 9.97 Å². The second kappa shape index (κ2) is 5.14. The molecular formula is C15H15N5O. The minimum atomic E-state index is 0.735. The predicted molar refractivity (Wildman–Crippen MR) is 79.3 cm³/mol. The molecule has 1 aliphatic rings. The van der Waals surface area contributed by atoms with Gasteiger partial charge in [-0.15, -0.1) is 0 Å². The summed E-state index contributed by atoms with van der Waals surface area (Å²) in [6.45, 7) is 3.17. The minimum Gasteiger partial charge on any atom is -0.378 e. The Labute approximate surface area is 122 Å². The average molecular weight is 281 g/mol. The molecule has 6 heteroatoms. The van der Waals surface area contributed by atoms with Crippen LogP contribution in [0.25, 0.3) is 16.9 Å². The molecule has 106 valence electrons. The molecule has 0 atom stereocenters. The van der Waals surface area contributed by atoms with Gasteiger partial charge >= 0.3 is 0 Å². The van der Waals surface area contributed by atoms with Crippen LogP contribution in [0.2, 0.25) is 0 Å². The summed E-state index contributed by atoms with van der Waals surface area (Å²) in [7, 11) is 0. The Morgan fingerprint density at radius 3 is 2.76 bits per heavy atom. The normalized spacial score (nSPS) is 15.5. The van der Waals surface area contributed by atoms with Crippen molar-refractivity contribution in [1.82, 2.24) is 19.4 Å². The van der Waals surface area contributed by atoms with Crippen LogP contribution >= 0.6 is 0 Å². The maximum atomic E-state index is 5.40. The van der Waals surface area contributed by atoms with Gasteiger partial charge in [-0.1, -0.05) is 0 Å². The summed E-state index contributed by atoms with van der Waals surface area (Å²) >= 11 is 0. The monoisotopic (exact) mass is 281 g/mol. The molecule has 1 saturated heterocycles. The van der Waals surface area contributed by atoms with E-state index in [1.165, 1.54) is 0 Å². The Bertz CT molecular complexity index is 749. The number of hydrogen-bond donors (Lipinski definition) is 0. The fourth-order valence-corrected chi connectivity index (χ4v) is 2.63. The molecule has 4 heterocycles. The first-order valence-electron chi connectivity index (χ1n) is 6.98. The van der Waals surface area contributed by atoms with Crippen molar-refractivity contribution in [2.24, 2.45) is 0 Å². The van der Waals surface area contributed by atoms with Crippen LogP contribution in [0.15, 0.2) is 43.1 Å². The summed E-state index contributed by atoms with van der Waals surface area (Å²) in [4.78, 5) is 15.5. The van der Waals surface area contributed by atoms with E-state index >= 15 is 0 Å². The molecular weight excluding hydrogens is 266 g/mol. The lowest BCUT2D eigenvalue weighted by Gasteiger charge is -2.27. The van der Waals surface area contributed by atoms with Crippen LogP contribution in [-0.2, 0) is 4.74 Å². The summed E-state index contributed by atoms with van der Waals surface area (Å²) < 4.78 is 7.47. The molecule has 0 bridgehead atoms. The van der Waals surface area contributed by atoms with Crippen molar-refractivity contribution in [3.8, 4) is 11.3 Å². The molecule has 0 amide bonds. The van der Waals surface area contributed by atoms with E-state index in [-0.39, 0.29) is 0 Å². The number of hydrogen-bond acceptors (Lipinski definition) is 5. The van der Waals surface area contributed by atoms with Crippen LogP contribution < -0.4 is 4.90 Å². The van der Waals surface area contributed by atoms with E-state index in [2.05, 4.69) is 24.3 Å². The van der Waals surface area contributed by atoms with Crippen LogP contribution in [0.4, 0.5) is 5.82 Å². The zero-order valence-electron chi connectivity index (χ0n) is 11.5. The highest BCUT2D eigenvalue weighted by atomic mass is 16.5. The second-order valence-electron chi connectivity index (χ2n) is 4.93. The highest BCUT2D eigenvalue weighted by Crippen LogP contribution is 2.24. The molecule has 4 rings (SSSR count). The summed E-state index contributed by atoms with van der Waals surface area (Å²) in [6, 6.07) is 3.96. The van der Waals surface area contributed by atoms with Gasteiger partial charge < -0.3 is 9.64 Å². The van der Waals surface area contributed by atoms with Gasteiger partial charge in [0.15, 0.2) is 11.5 Å². The lowest BCUT2D eigenvalue weighted by Crippen LogP contribution is -2.37. The van der Waals surface area contributed by atoms with E-state index in [4.69, 9.17) is 4.74 Å². The molecule has 1 aliphatic heterocycles. The SMILES string of the molecule is c1cncc(-c2cnc3c(N4CCOCC4)nccn23)c1. The highest BCUT2D eigenvalue weighted by molar-refractivity contribution is 5.71. The zero-order valence-corrected chi connectivity index (χ0v) is 11.5. The fourth-order valence-electron chi connectivity index (χ4n) is 2.63. The van der Waals surface area contributed by atoms with Gasteiger partial charge in [0.05, 0.1) is 25.1 Å². The number of pyridine rings is 1. The van der Waals surface area contributed by atoms with Crippen LogP contribution in [0.1, 0.15) is 0 Å². The first-order chi connectivity index (χ1) is 10.4. The summed E-state index contributed by atoms with van der Waals surface area (Å²) in [6.07, 6.45) is 9.25. The standard InChI is InChI=1S/C15H15N5O/c1-2-12(10-16-3-1)13-11-18-15-14(17-4-5-20(13)15)19-6-8-21-9-7-19/h1-5,10-11H,6-9H2. The fraction of sp³-hybridized carbons (Fsp3) is 0.267. The topological polar surface area (TPSA) is 55.5 Å². The van der Waals surface area contributed by atoms with E-state index in [1.807, 2.05) is 36.9 Å². The molecule has 21 heavy (non-hydrogen) atoms. The van der Waals surface area contributed by atoms with Crippen LogP contribution in [0.3, 0.4) is 0 Å². The Hall–Kier alpha value is -2.47. The molecule has 3 aromatic heterocycles. The van der Waals surface area contributed by atoms with E-state index in [0.717, 1.165) is 49.0 Å². The predicted octanol–water partition coefficient (Wildman–Crippen LogP) is 1.63. The number of nitrogens with zero attached hydrogens (tertiary/aromatic N) is 5. The molecule has 0 aliphatic carbocycles. The summed E-state index contributed by atoms with van der Waals surface area (Å²) in [5.74, 6) is 0.913. The van der Waals surface area contributed by atoms with Crippen molar-refractivity contribution in [2.75, 3.05) is 31.2 Å². The smallest absolute Gasteiger partial charge is 0.180 e. The maximum Gasteiger partial charge on any atom is 0.180 e. The van der Waals surface area contributed by atoms with Gasteiger partial charge in [-0.2, -0.15) is 0 Å². The molecule has 0 aromatic carbocycles. The third-order valence-corrected chi connectivity index (χ3v) is 3.68. The molecule has 0 saturated carbocycles. The molecule has 0 spiro atoms. The van der Waals surface area contributed by atoms with Gasteiger partial charge in [0.2, 0.25) is 0 Å². The molecule has 1 fully saturated rings. The Morgan fingerprint density at radius 2 is 1.95 bits per heavy atom. The van der Waals surface area contributed by atoms with Crippen molar-refractivity contribution in [2.45, 2.75) is 0 Å². The molecule has 3 aromatic rings. The Kier molecular flexibility index (Phi) is 3.01. The molecule has 0 unspecified atom stereocenters. The third-order valence-electron chi connectivity index (χ3n) is 3.68. The van der Waals surface area contributed by atoms with E-state index in [9.17, 15) is 0 Å². The van der Waals surface area contributed by atoms with Gasteiger partial charge in [0, 0.05) is 43.4 Å².